The van der Waals surface area contributed by atoms with E-state index in [9.17, 15) is 9.90 Å². The molecule has 1 N–H and O–H groups in total. The predicted molar refractivity (Wildman–Crippen MR) is 147 cm³/mol. The van der Waals surface area contributed by atoms with E-state index in [1.165, 1.54) is 5.56 Å². The fraction of sp³-hybridized carbons (Fsp3) is 0.414. The fourth-order valence-electron chi connectivity index (χ4n) is 4.49. The molecule has 36 heavy (non-hydrogen) atoms. The number of carbonyl (C=O) groups is 1. The van der Waals surface area contributed by atoms with E-state index in [0.29, 0.717) is 26.4 Å². The topological polar surface area (TPSA) is 74.2 Å². The maximum Gasteiger partial charge on any atom is 0.311 e. The second-order valence-corrected chi connectivity index (χ2v) is 10.6. The van der Waals surface area contributed by atoms with Gasteiger partial charge in [0.2, 0.25) is 0 Å². The first kappa shape index (κ1) is 26.5. The molecule has 0 bridgehead atoms. The number of benzene rings is 2. The molecule has 1 saturated carbocycles. The van der Waals surface area contributed by atoms with Crippen LogP contribution < -0.4 is 4.74 Å². The lowest BCUT2D eigenvalue weighted by Crippen LogP contribution is -2.07. The van der Waals surface area contributed by atoms with Gasteiger partial charge in [0.15, 0.2) is 0 Å². The molecule has 6 nitrogen and oxygen atoms in total. The van der Waals surface area contributed by atoms with Crippen LogP contribution in [0.2, 0.25) is 0 Å². The van der Waals surface area contributed by atoms with Gasteiger partial charge in [0.1, 0.15) is 42.5 Å². The van der Waals surface area contributed by atoms with Gasteiger partial charge in [-0.15, -0.1) is 0 Å². The van der Waals surface area contributed by atoms with E-state index < -0.39 is 11.9 Å². The molecule has 0 aliphatic heterocycles. The van der Waals surface area contributed by atoms with Crippen molar-refractivity contribution in [2.75, 3.05) is 19.8 Å². The Morgan fingerprint density at radius 2 is 1.89 bits per heavy atom. The second kappa shape index (κ2) is 12.1. The quantitative estimate of drug-likeness (QED) is 0.173. The summed E-state index contributed by atoms with van der Waals surface area (Å²) in [6.07, 6.45) is 5.27. The number of rotatable bonds is 12. The summed E-state index contributed by atoms with van der Waals surface area (Å²) in [7, 11) is 0. The molecule has 2 aliphatic rings. The van der Waals surface area contributed by atoms with Gasteiger partial charge in [-0.1, -0.05) is 40.8 Å². The molecule has 0 aromatic heterocycles. The highest BCUT2D eigenvalue weighted by atomic mass is 127. The summed E-state index contributed by atoms with van der Waals surface area (Å²) < 4.78 is 23.3. The standard InChI is InChI=1S/C29H33IO6/c1-4-33-11-12-34-24-13-18(2)25(19(3)14-24)21-8-5-7-20(15-21)17-35-22-9-6-10-23(16-22)36-28-26(27(28)30)29(31)32/h5,7-9,13-16,26-28H,4,6,10-12,17H2,1-3H3,(H,31,32)/t26-,27-,28+/m1/s1. The number of hydrogen-bond donors (Lipinski definition) is 1. The van der Waals surface area contributed by atoms with Crippen LogP contribution in [0.1, 0.15) is 36.5 Å². The average Bonchev–Trinajstić information content (AvgIpc) is 3.49. The zero-order valence-electron chi connectivity index (χ0n) is 21.0. The van der Waals surface area contributed by atoms with Crippen LogP contribution in [0, 0.1) is 19.8 Å². The Labute approximate surface area is 226 Å². The minimum atomic E-state index is -0.795. The van der Waals surface area contributed by atoms with Gasteiger partial charge in [-0.25, -0.2) is 0 Å². The van der Waals surface area contributed by atoms with Gasteiger partial charge in [-0.2, -0.15) is 0 Å². The number of aryl methyl sites for hydroxylation is 2. The van der Waals surface area contributed by atoms with Crippen LogP contribution in [0.4, 0.5) is 0 Å². The molecular formula is C29H33IO6. The van der Waals surface area contributed by atoms with Crippen molar-refractivity contribution in [3.63, 3.8) is 0 Å². The summed E-state index contributed by atoms with van der Waals surface area (Å²) in [5.74, 6) is 1.20. The Morgan fingerprint density at radius 3 is 2.58 bits per heavy atom. The van der Waals surface area contributed by atoms with Crippen LogP contribution in [0.25, 0.3) is 11.1 Å². The van der Waals surface area contributed by atoms with Gasteiger partial charge < -0.3 is 24.1 Å². The summed E-state index contributed by atoms with van der Waals surface area (Å²) in [5, 5.41) is 9.24. The third-order valence-corrected chi connectivity index (χ3v) is 7.79. The number of ether oxygens (including phenoxy) is 4. The van der Waals surface area contributed by atoms with E-state index in [1.54, 1.807) is 0 Å². The van der Waals surface area contributed by atoms with Gasteiger partial charge in [0.05, 0.1) is 10.5 Å². The molecule has 0 saturated heterocycles. The first-order valence-corrected chi connectivity index (χ1v) is 13.6. The molecule has 0 spiro atoms. The highest BCUT2D eigenvalue weighted by Crippen LogP contribution is 2.44. The summed E-state index contributed by atoms with van der Waals surface area (Å²) in [6, 6.07) is 12.6. The minimum absolute atomic E-state index is 0.0154. The molecule has 2 aliphatic carbocycles. The Hall–Kier alpha value is -2.52. The number of halogens is 1. The van der Waals surface area contributed by atoms with Crippen LogP contribution in [0.3, 0.4) is 0 Å². The Morgan fingerprint density at radius 1 is 1.11 bits per heavy atom. The van der Waals surface area contributed by atoms with Crippen molar-refractivity contribution in [2.24, 2.45) is 5.92 Å². The van der Waals surface area contributed by atoms with E-state index in [4.69, 9.17) is 18.9 Å². The summed E-state index contributed by atoms with van der Waals surface area (Å²) >= 11 is 2.15. The second-order valence-electron chi connectivity index (χ2n) is 9.11. The number of carboxylic acid groups (broad SMARTS) is 1. The van der Waals surface area contributed by atoms with Crippen molar-refractivity contribution >= 4 is 28.6 Å². The molecule has 3 atom stereocenters. The molecule has 0 unspecified atom stereocenters. The van der Waals surface area contributed by atoms with Crippen molar-refractivity contribution in [3.05, 3.63) is 76.8 Å². The van der Waals surface area contributed by atoms with Gasteiger partial charge in [0, 0.05) is 19.1 Å². The van der Waals surface area contributed by atoms with Crippen molar-refractivity contribution in [2.45, 2.75) is 50.2 Å². The Balaban J connectivity index is 1.38. The Kier molecular flexibility index (Phi) is 8.95. The van der Waals surface area contributed by atoms with Gasteiger partial charge in [-0.05, 0) is 79.3 Å². The van der Waals surface area contributed by atoms with E-state index >= 15 is 0 Å². The smallest absolute Gasteiger partial charge is 0.311 e. The van der Waals surface area contributed by atoms with E-state index in [2.05, 4.69) is 78.9 Å². The maximum absolute atomic E-state index is 11.2. The summed E-state index contributed by atoms with van der Waals surface area (Å²) in [6.45, 7) is 8.44. The molecule has 0 amide bonds. The van der Waals surface area contributed by atoms with Crippen molar-refractivity contribution in [1.82, 2.24) is 0 Å². The fourth-order valence-corrected chi connectivity index (χ4v) is 5.56. The summed E-state index contributed by atoms with van der Waals surface area (Å²) in [4.78, 5) is 11.2. The van der Waals surface area contributed by atoms with Crippen LogP contribution in [-0.2, 0) is 25.6 Å². The van der Waals surface area contributed by atoms with Crippen LogP contribution in [0.5, 0.6) is 5.75 Å². The molecule has 4 rings (SSSR count). The van der Waals surface area contributed by atoms with E-state index in [1.807, 2.05) is 13.0 Å². The van der Waals surface area contributed by atoms with E-state index in [0.717, 1.165) is 52.4 Å². The van der Waals surface area contributed by atoms with Crippen molar-refractivity contribution in [1.29, 1.82) is 0 Å². The van der Waals surface area contributed by atoms with Crippen LogP contribution >= 0.6 is 22.6 Å². The monoisotopic (exact) mass is 604 g/mol. The molecule has 1 fully saturated rings. The third-order valence-electron chi connectivity index (χ3n) is 6.31. The van der Waals surface area contributed by atoms with Crippen molar-refractivity contribution in [3.8, 4) is 16.9 Å². The SMILES string of the molecule is CCOCCOc1cc(C)c(-c2cccc(COC3=CCCC(O[C@@H]4[C@H](I)[C@H]4C(=O)O)=C3)c2)c(C)c1. The number of carboxylic acids is 1. The number of aliphatic carboxylic acids is 1. The minimum Gasteiger partial charge on any atom is -0.493 e. The zero-order chi connectivity index (χ0) is 25.7. The first-order valence-electron chi connectivity index (χ1n) is 12.4. The Bertz CT molecular complexity index is 1130. The lowest BCUT2D eigenvalue weighted by atomic mass is 9.94. The molecular weight excluding hydrogens is 571 g/mol. The molecule has 7 heteroatoms. The van der Waals surface area contributed by atoms with Crippen LogP contribution in [0.15, 0.2) is 60.1 Å². The van der Waals surface area contributed by atoms with Crippen molar-refractivity contribution < 1.29 is 28.8 Å². The number of hydrogen-bond acceptors (Lipinski definition) is 5. The highest BCUT2D eigenvalue weighted by Gasteiger charge is 2.56. The first-order chi connectivity index (χ1) is 17.4. The molecule has 2 aromatic rings. The largest absolute Gasteiger partial charge is 0.493 e. The maximum atomic E-state index is 11.2. The average molecular weight is 604 g/mol. The van der Waals surface area contributed by atoms with E-state index in [-0.39, 0.29) is 10.0 Å². The number of allylic oxidation sites excluding steroid dienone is 3. The molecule has 192 valence electrons. The third kappa shape index (κ3) is 6.62. The van der Waals surface area contributed by atoms with Gasteiger partial charge in [0.25, 0.3) is 0 Å². The zero-order valence-corrected chi connectivity index (χ0v) is 23.1. The number of alkyl halides is 1. The van der Waals surface area contributed by atoms with Crippen LogP contribution in [-0.4, -0.2) is 40.9 Å². The summed E-state index contributed by atoms with van der Waals surface area (Å²) in [5.41, 5.74) is 5.74. The highest BCUT2D eigenvalue weighted by molar-refractivity contribution is 14.1. The predicted octanol–water partition coefficient (Wildman–Crippen LogP) is 6.37. The molecule has 2 aromatic carbocycles. The lowest BCUT2D eigenvalue weighted by Gasteiger charge is -2.17. The van der Waals surface area contributed by atoms with Gasteiger partial charge >= 0.3 is 5.97 Å². The lowest BCUT2D eigenvalue weighted by molar-refractivity contribution is -0.139. The molecule has 0 heterocycles. The molecule has 0 radical (unpaired) electrons. The normalized spacial score (nSPS) is 20.8. The van der Waals surface area contributed by atoms with Gasteiger partial charge in [-0.3, -0.25) is 4.79 Å².